The summed E-state index contributed by atoms with van der Waals surface area (Å²) in [5, 5.41) is 0.636. The van der Waals surface area contributed by atoms with E-state index in [1.165, 1.54) is 0 Å². The molecule has 22 heavy (non-hydrogen) atoms. The maximum Gasteiger partial charge on any atom is 0.363 e. The van der Waals surface area contributed by atoms with Gasteiger partial charge in [-0.05, 0) is 42.0 Å². The number of carbonyl (C=O) groups excluding carboxylic acids is 1. The molecule has 2 aromatic carbocycles. The number of nitrogens with zero attached hydrogens (tertiary/aromatic N) is 1. The Morgan fingerprint density at radius 3 is 2.68 bits per heavy atom. The number of cyclic esters (lactones) is 1. The molecule has 0 bridgehead atoms. The van der Waals surface area contributed by atoms with E-state index < -0.39 is 5.97 Å². The van der Waals surface area contributed by atoms with Crippen LogP contribution in [0.5, 0.6) is 5.75 Å². The average Bonchev–Trinajstić information content (AvgIpc) is 2.91. The van der Waals surface area contributed by atoms with E-state index in [0.717, 1.165) is 5.56 Å². The minimum atomic E-state index is -0.479. The predicted molar refractivity (Wildman–Crippen MR) is 85.1 cm³/mol. The molecule has 0 atom stereocenters. The van der Waals surface area contributed by atoms with Crippen LogP contribution in [0.1, 0.15) is 11.1 Å². The fraction of sp³-hybridized carbons (Fsp3) is 0.0588. The predicted octanol–water partition coefficient (Wildman–Crippen LogP) is 3.69. The van der Waals surface area contributed by atoms with Crippen LogP contribution in [0.3, 0.4) is 0 Å². The topological polar surface area (TPSA) is 47.9 Å². The van der Waals surface area contributed by atoms with Gasteiger partial charge in [0.25, 0.3) is 0 Å². The fourth-order valence-corrected chi connectivity index (χ4v) is 2.13. The second-order valence-corrected chi connectivity index (χ2v) is 5.06. The number of aliphatic imine (C=N–C) groups is 1. The molecule has 0 N–H and O–H groups in total. The van der Waals surface area contributed by atoms with Crippen molar-refractivity contribution in [3.63, 3.8) is 0 Å². The van der Waals surface area contributed by atoms with E-state index in [2.05, 4.69) is 4.99 Å². The number of esters is 1. The van der Waals surface area contributed by atoms with Crippen molar-refractivity contribution in [3.05, 3.63) is 70.4 Å². The van der Waals surface area contributed by atoms with E-state index in [1.807, 2.05) is 24.3 Å². The molecular weight excluding hydrogens is 302 g/mol. The van der Waals surface area contributed by atoms with Gasteiger partial charge in [0.15, 0.2) is 5.70 Å². The van der Waals surface area contributed by atoms with Gasteiger partial charge in [-0.1, -0.05) is 29.8 Å². The summed E-state index contributed by atoms with van der Waals surface area (Å²) in [4.78, 5) is 16.2. The molecule has 0 radical (unpaired) electrons. The number of rotatable bonds is 3. The zero-order valence-electron chi connectivity index (χ0n) is 11.7. The molecule has 110 valence electrons. The first-order chi connectivity index (χ1) is 10.7. The molecular formula is C17H12ClNO3. The highest BCUT2D eigenvalue weighted by Gasteiger charge is 2.24. The molecule has 2 aromatic rings. The highest BCUT2D eigenvalue weighted by atomic mass is 35.5. The van der Waals surface area contributed by atoms with E-state index >= 15 is 0 Å². The van der Waals surface area contributed by atoms with Crippen molar-refractivity contribution in [2.45, 2.75) is 0 Å². The summed E-state index contributed by atoms with van der Waals surface area (Å²) >= 11 is 5.84. The van der Waals surface area contributed by atoms with Gasteiger partial charge in [0, 0.05) is 10.6 Å². The Morgan fingerprint density at radius 2 is 1.95 bits per heavy atom. The Labute approximate surface area is 132 Å². The van der Waals surface area contributed by atoms with Crippen LogP contribution >= 0.6 is 11.6 Å². The van der Waals surface area contributed by atoms with Crippen molar-refractivity contribution >= 4 is 29.5 Å². The molecule has 0 aromatic heterocycles. The number of hydrogen-bond donors (Lipinski definition) is 0. The minimum Gasteiger partial charge on any atom is -0.497 e. The SMILES string of the molecule is COc1cccc(C2=N/C(=C\c3ccc(Cl)cc3)C(=O)O2)c1. The van der Waals surface area contributed by atoms with Crippen molar-refractivity contribution < 1.29 is 14.3 Å². The number of ether oxygens (including phenoxy) is 2. The van der Waals surface area contributed by atoms with Crippen molar-refractivity contribution in [2.24, 2.45) is 4.99 Å². The summed E-state index contributed by atoms with van der Waals surface area (Å²) < 4.78 is 10.4. The lowest BCUT2D eigenvalue weighted by Gasteiger charge is -2.02. The molecule has 5 heteroatoms. The van der Waals surface area contributed by atoms with E-state index in [0.29, 0.717) is 16.3 Å². The number of halogens is 1. The molecule has 3 rings (SSSR count). The summed E-state index contributed by atoms with van der Waals surface area (Å²) in [5.41, 5.74) is 1.76. The lowest BCUT2D eigenvalue weighted by Crippen LogP contribution is -2.05. The fourth-order valence-electron chi connectivity index (χ4n) is 2.01. The molecule has 0 aliphatic carbocycles. The van der Waals surface area contributed by atoms with Gasteiger partial charge in [-0.25, -0.2) is 9.79 Å². The first-order valence-electron chi connectivity index (χ1n) is 6.58. The number of hydrogen-bond acceptors (Lipinski definition) is 4. The van der Waals surface area contributed by atoms with Crippen LogP contribution in [-0.2, 0) is 9.53 Å². The smallest absolute Gasteiger partial charge is 0.363 e. The zero-order chi connectivity index (χ0) is 15.5. The van der Waals surface area contributed by atoms with Crippen LogP contribution in [0.2, 0.25) is 5.02 Å². The Hall–Kier alpha value is -2.59. The second-order valence-electron chi connectivity index (χ2n) is 4.62. The Morgan fingerprint density at radius 1 is 1.18 bits per heavy atom. The Balaban J connectivity index is 1.92. The summed E-state index contributed by atoms with van der Waals surface area (Å²) in [7, 11) is 1.58. The highest BCUT2D eigenvalue weighted by Crippen LogP contribution is 2.22. The summed E-state index contributed by atoms with van der Waals surface area (Å²) in [6.45, 7) is 0. The van der Waals surface area contributed by atoms with Gasteiger partial charge in [-0.3, -0.25) is 0 Å². The van der Waals surface area contributed by atoms with E-state index in [4.69, 9.17) is 21.1 Å². The third-order valence-corrected chi connectivity index (χ3v) is 3.36. The van der Waals surface area contributed by atoms with Gasteiger partial charge in [0.1, 0.15) is 5.75 Å². The largest absolute Gasteiger partial charge is 0.497 e. The van der Waals surface area contributed by atoms with Crippen molar-refractivity contribution in [1.29, 1.82) is 0 Å². The molecule has 1 heterocycles. The monoisotopic (exact) mass is 313 g/mol. The third kappa shape index (κ3) is 3.02. The van der Waals surface area contributed by atoms with Crippen LogP contribution in [0.4, 0.5) is 0 Å². The van der Waals surface area contributed by atoms with Gasteiger partial charge < -0.3 is 9.47 Å². The number of carbonyl (C=O) groups is 1. The van der Waals surface area contributed by atoms with Gasteiger partial charge in [0.05, 0.1) is 7.11 Å². The first kappa shape index (κ1) is 14.4. The van der Waals surface area contributed by atoms with E-state index in [-0.39, 0.29) is 11.6 Å². The van der Waals surface area contributed by atoms with Gasteiger partial charge in [0.2, 0.25) is 5.90 Å². The first-order valence-corrected chi connectivity index (χ1v) is 6.96. The average molecular weight is 314 g/mol. The van der Waals surface area contributed by atoms with Crippen LogP contribution < -0.4 is 4.74 Å². The van der Waals surface area contributed by atoms with Crippen LogP contribution in [-0.4, -0.2) is 19.0 Å². The van der Waals surface area contributed by atoms with Gasteiger partial charge in [-0.2, -0.15) is 0 Å². The molecule has 4 nitrogen and oxygen atoms in total. The molecule has 0 saturated heterocycles. The Kier molecular flexibility index (Phi) is 3.94. The van der Waals surface area contributed by atoms with Crippen LogP contribution in [0.25, 0.3) is 6.08 Å². The molecule has 1 aliphatic heterocycles. The number of methoxy groups -OCH3 is 1. The molecule has 0 fully saturated rings. The minimum absolute atomic E-state index is 0.250. The second kappa shape index (κ2) is 6.03. The lowest BCUT2D eigenvalue weighted by atomic mass is 10.2. The number of benzene rings is 2. The molecule has 0 amide bonds. The molecule has 1 aliphatic rings. The van der Waals surface area contributed by atoms with E-state index in [1.54, 1.807) is 37.5 Å². The maximum absolute atomic E-state index is 11.9. The van der Waals surface area contributed by atoms with E-state index in [9.17, 15) is 4.79 Å². The lowest BCUT2D eigenvalue weighted by molar-refractivity contribution is -0.129. The highest BCUT2D eigenvalue weighted by molar-refractivity contribution is 6.30. The van der Waals surface area contributed by atoms with Crippen molar-refractivity contribution in [3.8, 4) is 5.75 Å². The Bertz CT molecular complexity index is 779. The van der Waals surface area contributed by atoms with Crippen molar-refractivity contribution in [2.75, 3.05) is 7.11 Å². The normalized spacial score (nSPS) is 15.6. The maximum atomic E-state index is 11.9. The van der Waals surface area contributed by atoms with Crippen LogP contribution in [0, 0.1) is 0 Å². The standard InChI is InChI=1S/C17H12ClNO3/c1-21-14-4-2-3-12(10-14)16-19-15(17(20)22-16)9-11-5-7-13(18)8-6-11/h2-10H,1H3/b15-9-. The molecule has 0 unspecified atom stereocenters. The van der Waals surface area contributed by atoms with Gasteiger partial charge in [-0.15, -0.1) is 0 Å². The third-order valence-electron chi connectivity index (χ3n) is 3.11. The molecule has 0 saturated carbocycles. The quantitative estimate of drug-likeness (QED) is 0.641. The summed E-state index contributed by atoms with van der Waals surface area (Å²) in [5.74, 6) is 0.461. The van der Waals surface area contributed by atoms with Crippen molar-refractivity contribution in [1.82, 2.24) is 0 Å². The zero-order valence-corrected chi connectivity index (χ0v) is 12.5. The molecule has 0 spiro atoms. The summed E-state index contributed by atoms with van der Waals surface area (Å²) in [6.07, 6.45) is 1.66. The van der Waals surface area contributed by atoms with Gasteiger partial charge >= 0.3 is 5.97 Å². The summed E-state index contributed by atoms with van der Waals surface area (Å²) in [6, 6.07) is 14.3. The van der Waals surface area contributed by atoms with Crippen LogP contribution in [0.15, 0.2) is 59.2 Å².